The first-order chi connectivity index (χ1) is 9.65. The number of halogens is 1. The predicted octanol–water partition coefficient (Wildman–Crippen LogP) is 4.34. The molecule has 0 unspecified atom stereocenters. The Kier molecular flexibility index (Phi) is 6.89. The highest BCUT2D eigenvalue weighted by atomic mass is 35.5. The second kappa shape index (κ2) is 8.42. The molecule has 0 aromatic heterocycles. The van der Waals surface area contributed by atoms with Crippen molar-refractivity contribution in [3.05, 3.63) is 54.1 Å². The summed E-state index contributed by atoms with van der Waals surface area (Å²) in [5, 5.41) is 3.35. The average Bonchev–Trinajstić information content (AvgIpc) is 2.46. The summed E-state index contributed by atoms with van der Waals surface area (Å²) in [5.74, 6) is 1.40. The Labute approximate surface area is 132 Å². The lowest BCUT2D eigenvalue weighted by atomic mass is 10.2. The zero-order valence-corrected chi connectivity index (χ0v) is 13.3. The lowest BCUT2D eigenvalue weighted by molar-refractivity contribution is 0.306. The summed E-state index contributed by atoms with van der Waals surface area (Å²) in [6.45, 7) is 5.79. The van der Waals surface area contributed by atoms with Crippen LogP contribution in [0.25, 0.3) is 0 Å². The van der Waals surface area contributed by atoms with Crippen LogP contribution in [-0.2, 0) is 6.61 Å². The summed E-state index contributed by atoms with van der Waals surface area (Å²) in [6.07, 6.45) is 0. The molecule has 0 atom stereocenters. The summed E-state index contributed by atoms with van der Waals surface area (Å²) in [6, 6.07) is 15.9. The highest BCUT2D eigenvalue weighted by molar-refractivity contribution is 5.85. The Morgan fingerprint density at radius 2 is 1.81 bits per heavy atom. The minimum absolute atomic E-state index is 0. The minimum Gasteiger partial charge on any atom is -0.489 e. The van der Waals surface area contributed by atoms with Gasteiger partial charge in [-0.1, -0.05) is 44.2 Å². The van der Waals surface area contributed by atoms with Crippen LogP contribution < -0.4 is 15.8 Å². The van der Waals surface area contributed by atoms with E-state index in [1.165, 1.54) is 0 Å². The molecule has 21 heavy (non-hydrogen) atoms. The molecule has 0 spiro atoms. The van der Waals surface area contributed by atoms with Crippen LogP contribution in [-0.4, -0.2) is 6.54 Å². The molecule has 0 radical (unpaired) electrons. The first-order valence-corrected chi connectivity index (χ1v) is 6.95. The minimum atomic E-state index is 0. The van der Waals surface area contributed by atoms with Crippen molar-refractivity contribution in [2.45, 2.75) is 20.5 Å². The molecule has 114 valence electrons. The van der Waals surface area contributed by atoms with Crippen LogP contribution in [0.2, 0.25) is 0 Å². The molecular weight excluding hydrogens is 284 g/mol. The van der Waals surface area contributed by atoms with E-state index in [9.17, 15) is 0 Å². The van der Waals surface area contributed by atoms with Crippen molar-refractivity contribution in [2.24, 2.45) is 5.92 Å². The summed E-state index contributed by atoms with van der Waals surface area (Å²) in [5.41, 5.74) is 8.80. The van der Waals surface area contributed by atoms with Crippen LogP contribution in [0.1, 0.15) is 19.4 Å². The largest absolute Gasteiger partial charge is 0.489 e. The molecule has 3 nitrogen and oxygen atoms in total. The number of nitrogen functional groups attached to an aromatic ring is 1. The van der Waals surface area contributed by atoms with Crippen molar-refractivity contribution in [3.63, 3.8) is 0 Å². The second-order valence-electron chi connectivity index (χ2n) is 5.30. The van der Waals surface area contributed by atoms with Crippen molar-refractivity contribution in [1.29, 1.82) is 0 Å². The van der Waals surface area contributed by atoms with Gasteiger partial charge < -0.3 is 15.8 Å². The number of hydrogen-bond donors (Lipinski definition) is 2. The Morgan fingerprint density at radius 1 is 1.10 bits per heavy atom. The molecule has 0 aliphatic heterocycles. The fourth-order valence-electron chi connectivity index (χ4n) is 1.83. The maximum absolute atomic E-state index is 5.96. The summed E-state index contributed by atoms with van der Waals surface area (Å²) < 4.78 is 5.80. The number of hydrogen-bond acceptors (Lipinski definition) is 3. The molecule has 0 saturated carbocycles. The summed E-state index contributed by atoms with van der Waals surface area (Å²) in [7, 11) is 0. The Bertz CT molecular complexity index is 544. The lowest BCUT2D eigenvalue weighted by Crippen LogP contribution is -2.09. The number of nitrogens with one attached hydrogen (secondary N) is 1. The predicted molar refractivity (Wildman–Crippen MR) is 92.2 cm³/mol. The molecule has 0 aliphatic rings. The number of rotatable bonds is 6. The van der Waals surface area contributed by atoms with Crippen molar-refractivity contribution in [2.75, 3.05) is 17.6 Å². The zero-order chi connectivity index (χ0) is 14.4. The highest BCUT2D eigenvalue weighted by Gasteiger charge is 2.03. The topological polar surface area (TPSA) is 47.3 Å². The van der Waals surface area contributed by atoms with Crippen molar-refractivity contribution < 1.29 is 4.74 Å². The van der Waals surface area contributed by atoms with E-state index in [1.54, 1.807) is 0 Å². The quantitative estimate of drug-likeness (QED) is 0.781. The maximum atomic E-state index is 5.96. The monoisotopic (exact) mass is 306 g/mol. The fraction of sp³-hybridized carbons (Fsp3) is 0.294. The number of ether oxygens (including phenoxy) is 1. The third-order valence-electron chi connectivity index (χ3n) is 2.97. The molecule has 2 aromatic rings. The van der Waals surface area contributed by atoms with Crippen molar-refractivity contribution in [3.8, 4) is 5.75 Å². The summed E-state index contributed by atoms with van der Waals surface area (Å²) in [4.78, 5) is 0. The van der Waals surface area contributed by atoms with Crippen LogP contribution in [0.4, 0.5) is 11.4 Å². The van der Waals surface area contributed by atoms with Gasteiger partial charge in [0, 0.05) is 12.6 Å². The Morgan fingerprint density at radius 3 is 2.48 bits per heavy atom. The van der Waals surface area contributed by atoms with E-state index in [-0.39, 0.29) is 12.4 Å². The molecule has 2 rings (SSSR count). The third kappa shape index (κ3) is 5.56. The highest BCUT2D eigenvalue weighted by Crippen LogP contribution is 2.25. The van der Waals surface area contributed by atoms with Crippen LogP contribution >= 0.6 is 12.4 Å². The third-order valence-corrected chi connectivity index (χ3v) is 2.97. The van der Waals surface area contributed by atoms with Gasteiger partial charge in [-0.25, -0.2) is 0 Å². The van der Waals surface area contributed by atoms with Gasteiger partial charge in [-0.15, -0.1) is 12.4 Å². The van der Waals surface area contributed by atoms with Crippen LogP contribution in [0.5, 0.6) is 5.75 Å². The molecule has 0 heterocycles. The molecule has 0 saturated heterocycles. The van der Waals surface area contributed by atoms with Crippen molar-refractivity contribution >= 4 is 23.8 Å². The molecule has 0 bridgehead atoms. The Balaban J connectivity index is 0.00000220. The van der Waals surface area contributed by atoms with Crippen LogP contribution in [0.3, 0.4) is 0 Å². The van der Waals surface area contributed by atoms with Gasteiger partial charge in [0.25, 0.3) is 0 Å². The molecular formula is C17H23ClN2O. The van der Waals surface area contributed by atoms with E-state index < -0.39 is 0 Å². The van der Waals surface area contributed by atoms with Gasteiger partial charge in [-0.05, 0) is 23.6 Å². The van der Waals surface area contributed by atoms with Gasteiger partial charge >= 0.3 is 0 Å². The number of benzene rings is 2. The average molecular weight is 307 g/mol. The molecule has 3 N–H and O–H groups in total. The van der Waals surface area contributed by atoms with E-state index in [2.05, 4.69) is 31.3 Å². The van der Waals surface area contributed by atoms with Crippen LogP contribution in [0.15, 0.2) is 48.5 Å². The second-order valence-corrected chi connectivity index (χ2v) is 5.30. The number of nitrogens with two attached hydrogens (primary N) is 1. The lowest BCUT2D eigenvalue weighted by Gasteiger charge is -2.13. The first-order valence-electron chi connectivity index (χ1n) is 6.95. The molecule has 0 fully saturated rings. The van der Waals surface area contributed by atoms with E-state index in [0.717, 1.165) is 29.2 Å². The molecule has 0 aliphatic carbocycles. The van der Waals surface area contributed by atoms with Crippen molar-refractivity contribution in [1.82, 2.24) is 0 Å². The molecule has 2 aromatic carbocycles. The first kappa shape index (κ1) is 17.2. The fourth-order valence-corrected chi connectivity index (χ4v) is 1.83. The van der Waals surface area contributed by atoms with E-state index in [1.807, 2.05) is 36.4 Å². The molecule has 4 heteroatoms. The van der Waals surface area contributed by atoms with E-state index >= 15 is 0 Å². The van der Waals surface area contributed by atoms with Gasteiger partial charge in [-0.3, -0.25) is 0 Å². The van der Waals surface area contributed by atoms with Gasteiger partial charge in [0.1, 0.15) is 12.4 Å². The van der Waals surface area contributed by atoms with E-state index in [4.69, 9.17) is 10.5 Å². The maximum Gasteiger partial charge on any atom is 0.122 e. The van der Waals surface area contributed by atoms with Gasteiger partial charge in [-0.2, -0.15) is 0 Å². The molecule has 0 amide bonds. The Hall–Kier alpha value is -1.87. The van der Waals surface area contributed by atoms with Gasteiger partial charge in [0.15, 0.2) is 0 Å². The van der Waals surface area contributed by atoms with Gasteiger partial charge in [0.2, 0.25) is 0 Å². The standard InChI is InChI=1S/C17H22N2O.ClH/c1-13(2)11-19-17-10-15(8-9-16(17)18)20-12-14-6-4-3-5-7-14;/h3-10,13,19H,11-12,18H2,1-2H3;1H. The summed E-state index contributed by atoms with van der Waals surface area (Å²) >= 11 is 0. The number of anilines is 2. The zero-order valence-electron chi connectivity index (χ0n) is 12.5. The normalized spacial score (nSPS) is 10.0. The van der Waals surface area contributed by atoms with Crippen LogP contribution in [0, 0.1) is 5.92 Å². The SMILES string of the molecule is CC(C)CNc1cc(OCc2ccccc2)ccc1N.Cl. The smallest absolute Gasteiger partial charge is 0.122 e. The van der Waals surface area contributed by atoms with Gasteiger partial charge in [0.05, 0.1) is 11.4 Å². The van der Waals surface area contributed by atoms with E-state index in [0.29, 0.717) is 12.5 Å².